The summed E-state index contributed by atoms with van der Waals surface area (Å²) in [5, 5.41) is 2.57. The molecule has 1 aromatic rings. The fourth-order valence-electron chi connectivity index (χ4n) is 3.04. The van der Waals surface area contributed by atoms with Gasteiger partial charge in [-0.25, -0.2) is 13.2 Å². The minimum atomic E-state index is -3.07. The number of hydrogen-bond donors (Lipinski definition) is 1. The molecule has 2 atom stereocenters. The highest BCUT2D eigenvalue weighted by molar-refractivity contribution is 7.91. The van der Waals surface area contributed by atoms with Gasteiger partial charge in [0.2, 0.25) is 0 Å². The minimum absolute atomic E-state index is 0.0685. The van der Waals surface area contributed by atoms with Crippen LogP contribution in [-0.4, -0.2) is 63.8 Å². The summed E-state index contributed by atoms with van der Waals surface area (Å²) in [5.41, 5.74) is 0.302. The quantitative estimate of drug-likeness (QED) is 0.675. The number of sulfone groups is 1. The van der Waals surface area contributed by atoms with Crippen molar-refractivity contribution in [3.63, 3.8) is 0 Å². The molecular weight excluding hydrogens is 374 g/mol. The average molecular weight is 397 g/mol. The van der Waals surface area contributed by atoms with Crippen LogP contribution in [-0.2, 0) is 24.1 Å². The highest BCUT2D eigenvalue weighted by Gasteiger charge is 2.29. The molecule has 8 nitrogen and oxygen atoms in total. The fraction of sp³-hybridized carbons (Fsp3) is 0.556. The van der Waals surface area contributed by atoms with Crippen LogP contribution in [0.1, 0.15) is 29.6 Å². The SMILES string of the molecule is O=C(COC(=O)c1ccc(OC[C@@H]2CCCO2)cc1)N[C@H]1CCS(=O)(=O)C1. The summed E-state index contributed by atoms with van der Waals surface area (Å²) in [6.07, 6.45) is 2.53. The van der Waals surface area contributed by atoms with E-state index in [-0.39, 0.29) is 17.6 Å². The van der Waals surface area contributed by atoms with Gasteiger partial charge in [-0.2, -0.15) is 0 Å². The summed E-state index contributed by atoms with van der Waals surface area (Å²) < 4.78 is 38.8. The highest BCUT2D eigenvalue weighted by Crippen LogP contribution is 2.17. The maximum Gasteiger partial charge on any atom is 0.338 e. The van der Waals surface area contributed by atoms with E-state index in [1.54, 1.807) is 24.3 Å². The van der Waals surface area contributed by atoms with Crippen molar-refractivity contribution in [2.24, 2.45) is 0 Å². The maximum absolute atomic E-state index is 12.0. The van der Waals surface area contributed by atoms with Crippen molar-refractivity contribution in [3.8, 4) is 5.75 Å². The molecule has 2 heterocycles. The molecule has 0 saturated carbocycles. The molecule has 148 valence electrons. The van der Waals surface area contributed by atoms with Crippen LogP contribution in [0.5, 0.6) is 5.75 Å². The first-order chi connectivity index (χ1) is 12.9. The third-order valence-corrected chi connectivity index (χ3v) is 6.25. The lowest BCUT2D eigenvalue weighted by Crippen LogP contribution is -2.38. The van der Waals surface area contributed by atoms with Gasteiger partial charge in [0, 0.05) is 12.6 Å². The van der Waals surface area contributed by atoms with Gasteiger partial charge in [0.05, 0.1) is 23.2 Å². The molecule has 1 aromatic carbocycles. The number of amides is 1. The van der Waals surface area contributed by atoms with Crippen LogP contribution in [0.3, 0.4) is 0 Å². The second-order valence-electron chi connectivity index (χ2n) is 6.71. The number of esters is 1. The van der Waals surface area contributed by atoms with Gasteiger partial charge in [-0.3, -0.25) is 4.79 Å². The molecule has 3 rings (SSSR count). The van der Waals surface area contributed by atoms with E-state index < -0.39 is 34.4 Å². The van der Waals surface area contributed by atoms with Crippen LogP contribution in [0, 0.1) is 0 Å². The van der Waals surface area contributed by atoms with Crippen molar-refractivity contribution in [3.05, 3.63) is 29.8 Å². The van der Waals surface area contributed by atoms with Crippen molar-refractivity contribution in [1.82, 2.24) is 5.32 Å². The normalized spacial score (nSPS) is 23.7. The van der Waals surface area contributed by atoms with Crippen LogP contribution in [0.15, 0.2) is 24.3 Å². The zero-order valence-corrected chi connectivity index (χ0v) is 15.7. The van der Waals surface area contributed by atoms with E-state index in [0.717, 1.165) is 19.4 Å². The number of hydrogen-bond acceptors (Lipinski definition) is 7. The Morgan fingerprint density at radius 3 is 2.59 bits per heavy atom. The van der Waals surface area contributed by atoms with E-state index in [0.29, 0.717) is 24.3 Å². The molecular formula is C18H23NO7S. The van der Waals surface area contributed by atoms with Crippen molar-refractivity contribution in [1.29, 1.82) is 0 Å². The Morgan fingerprint density at radius 1 is 1.19 bits per heavy atom. The Kier molecular flexibility index (Phi) is 6.33. The standard InChI is InChI=1S/C18H23NO7S/c20-17(19-14-7-9-27(22,23)12-14)11-26-18(21)13-3-5-15(6-4-13)25-10-16-2-1-8-24-16/h3-6,14,16H,1-2,7-12H2,(H,19,20)/t14-,16-/m0/s1. The van der Waals surface area contributed by atoms with E-state index in [9.17, 15) is 18.0 Å². The first-order valence-corrected chi connectivity index (χ1v) is 10.7. The number of carbonyl (C=O) groups excluding carboxylic acids is 2. The van der Waals surface area contributed by atoms with Gasteiger partial charge in [-0.1, -0.05) is 0 Å². The molecule has 0 radical (unpaired) electrons. The number of benzene rings is 1. The zero-order chi connectivity index (χ0) is 19.3. The molecule has 0 bridgehead atoms. The van der Waals surface area contributed by atoms with Crippen LogP contribution in [0.25, 0.3) is 0 Å². The Morgan fingerprint density at radius 2 is 1.96 bits per heavy atom. The Bertz CT molecular complexity index is 769. The van der Waals surface area contributed by atoms with E-state index in [2.05, 4.69) is 5.32 Å². The number of rotatable bonds is 7. The molecule has 0 unspecified atom stereocenters. The lowest BCUT2D eigenvalue weighted by molar-refractivity contribution is -0.124. The van der Waals surface area contributed by atoms with Gasteiger partial charge in [0.1, 0.15) is 12.4 Å². The summed E-state index contributed by atoms with van der Waals surface area (Å²) in [6, 6.07) is 6.04. The van der Waals surface area contributed by atoms with Gasteiger partial charge in [0.15, 0.2) is 16.4 Å². The van der Waals surface area contributed by atoms with Gasteiger partial charge in [-0.05, 0) is 43.5 Å². The van der Waals surface area contributed by atoms with Crippen LogP contribution >= 0.6 is 0 Å². The van der Waals surface area contributed by atoms with Gasteiger partial charge >= 0.3 is 5.97 Å². The van der Waals surface area contributed by atoms with E-state index in [1.807, 2.05) is 0 Å². The molecule has 0 aromatic heterocycles. The van der Waals surface area contributed by atoms with Crippen LogP contribution in [0.2, 0.25) is 0 Å². The van der Waals surface area contributed by atoms with Crippen molar-refractivity contribution in [2.45, 2.75) is 31.4 Å². The molecule has 27 heavy (non-hydrogen) atoms. The highest BCUT2D eigenvalue weighted by atomic mass is 32.2. The van der Waals surface area contributed by atoms with E-state index in [1.165, 1.54) is 0 Å². The fourth-order valence-corrected chi connectivity index (χ4v) is 4.72. The first kappa shape index (κ1) is 19.6. The number of ether oxygens (including phenoxy) is 3. The summed E-state index contributed by atoms with van der Waals surface area (Å²) >= 11 is 0. The molecule has 2 aliphatic rings. The summed E-state index contributed by atoms with van der Waals surface area (Å²) in [7, 11) is -3.07. The zero-order valence-electron chi connectivity index (χ0n) is 14.9. The maximum atomic E-state index is 12.0. The van der Waals surface area contributed by atoms with Crippen LogP contribution in [0.4, 0.5) is 0 Å². The lowest BCUT2D eigenvalue weighted by atomic mass is 10.2. The largest absolute Gasteiger partial charge is 0.491 e. The second kappa shape index (κ2) is 8.71. The molecule has 1 N–H and O–H groups in total. The first-order valence-electron chi connectivity index (χ1n) is 8.93. The average Bonchev–Trinajstić information content (AvgIpc) is 3.27. The van der Waals surface area contributed by atoms with Crippen molar-refractivity contribution < 1.29 is 32.2 Å². The van der Waals surface area contributed by atoms with Gasteiger partial charge in [-0.15, -0.1) is 0 Å². The molecule has 0 spiro atoms. The van der Waals surface area contributed by atoms with Crippen LogP contribution < -0.4 is 10.1 Å². The second-order valence-corrected chi connectivity index (χ2v) is 8.94. The molecule has 9 heteroatoms. The molecule has 2 aliphatic heterocycles. The Balaban J connectivity index is 1.40. The minimum Gasteiger partial charge on any atom is -0.491 e. The smallest absolute Gasteiger partial charge is 0.338 e. The number of carbonyl (C=O) groups is 2. The Hall–Kier alpha value is -2.13. The molecule has 2 saturated heterocycles. The molecule has 2 fully saturated rings. The van der Waals surface area contributed by atoms with Crippen molar-refractivity contribution in [2.75, 3.05) is 31.3 Å². The Labute approximate surface area is 158 Å². The summed E-state index contributed by atoms with van der Waals surface area (Å²) in [4.78, 5) is 23.8. The van der Waals surface area contributed by atoms with E-state index >= 15 is 0 Å². The molecule has 1 amide bonds. The lowest BCUT2D eigenvalue weighted by Gasteiger charge is -2.12. The molecule has 0 aliphatic carbocycles. The topological polar surface area (TPSA) is 108 Å². The van der Waals surface area contributed by atoms with E-state index in [4.69, 9.17) is 14.2 Å². The third-order valence-electron chi connectivity index (χ3n) is 4.48. The monoisotopic (exact) mass is 397 g/mol. The van der Waals surface area contributed by atoms with Gasteiger partial charge in [0.25, 0.3) is 5.91 Å². The van der Waals surface area contributed by atoms with Crippen molar-refractivity contribution >= 4 is 21.7 Å². The predicted octanol–water partition coefficient (Wildman–Crippen LogP) is 0.705. The third kappa shape index (κ3) is 5.93. The number of nitrogens with one attached hydrogen (secondary N) is 1. The predicted molar refractivity (Wildman–Crippen MR) is 96.4 cm³/mol. The summed E-state index contributed by atoms with van der Waals surface area (Å²) in [5.74, 6) is -0.516. The van der Waals surface area contributed by atoms with Gasteiger partial charge < -0.3 is 19.5 Å². The summed E-state index contributed by atoms with van der Waals surface area (Å²) in [6.45, 7) is 0.788.